The Balaban J connectivity index is 1.71. The predicted molar refractivity (Wildman–Crippen MR) is 106 cm³/mol. The number of carbonyl (C=O) groups excluding carboxylic acids is 1. The smallest absolute Gasteiger partial charge is 0.254 e. The summed E-state index contributed by atoms with van der Waals surface area (Å²) in [6, 6.07) is 16.1. The summed E-state index contributed by atoms with van der Waals surface area (Å²) in [5, 5.41) is 0. The summed E-state index contributed by atoms with van der Waals surface area (Å²) in [7, 11) is 1.80. The fourth-order valence-electron chi connectivity index (χ4n) is 3.24. The van der Waals surface area contributed by atoms with Crippen LogP contribution in [-0.4, -0.2) is 40.4 Å². The summed E-state index contributed by atoms with van der Waals surface area (Å²) >= 11 is 0. The Morgan fingerprint density at radius 3 is 2.42 bits per heavy atom. The number of imidazole rings is 1. The Morgan fingerprint density at radius 1 is 1.12 bits per heavy atom. The number of aromatic amines is 1. The van der Waals surface area contributed by atoms with Gasteiger partial charge in [-0.1, -0.05) is 12.1 Å². The van der Waals surface area contributed by atoms with Crippen LogP contribution in [0.25, 0.3) is 11.0 Å². The molecular weight excluding hydrogens is 324 g/mol. The molecule has 26 heavy (non-hydrogen) atoms. The van der Waals surface area contributed by atoms with Crippen LogP contribution in [-0.2, 0) is 6.54 Å². The number of nitrogens with zero attached hydrogens (tertiary/aromatic N) is 3. The topological polar surface area (TPSA) is 52.2 Å². The number of hydrogen-bond acceptors (Lipinski definition) is 3. The Kier molecular flexibility index (Phi) is 5.26. The van der Waals surface area contributed by atoms with Gasteiger partial charge in [-0.2, -0.15) is 0 Å². The average Bonchev–Trinajstić information content (AvgIpc) is 3.04. The summed E-state index contributed by atoms with van der Waals surface area (Å²) in [6.45, 7) is 7.87. The van der Waals surface area contributed by atoms with E-state index in [1.54, 1.807) is 11.9 Å². The van der Waals surface area contributed by atoms with Gasteiger partial charge in [0, 0.05) is 30.9 Å². The van der Waals surface area contributed by atoms with Crippen molar-refractivity contribution in [2.45, 2.75) is 33.4 Å². The van der Waals surface area contributed by atoms with Gasteiger partial charge in [0.05, 0.1) is 17.6 Å². The van der Waals surface area contributed by atoms with Crippen molar-refractivity contribution in [2.24, 2.45) is 0 Å². The monoisotopic (exact) mass is 350 g/mol. The van der Waals surface area contributed by atoms with Crippen molar-refractivity contribution in [3.8, 4) is 0 Å². The maximum atomic E-state index is 12.7. The summed E-state index contributed by atoms with van der Waals surface area (Å²) < 4.78 is 0. The van der Waals surface area contributed by atoms with E-state index in [2.05, 4.69) is 35.6 Å². The molecule has 0 atom stereocenters. The molecule has 1 aromatic heterocycles. The van der Waals surface area contributed by atoms with Crippen LogP contribution in [0.5, 0.6) is 0 Å². The molecule has 3 aromatic rings. The van der Waals surface area contributed by atoms with Gasteiger partial charge in [0.15, 0.2) is 0 Å². The zero-order valence-electron chi connectivity index (χ0n) is 15.9. The van der Waals surface area contributed by atoms with Gasteiger partial charge in [0.2, 0.25) is 0 Å². The number of amides is 1. The minimum Gasteiger partial charge on any atom is -0.369 e. The summed E-state index contributed by atoms with van der Waals surface area (Å²) in [5.74, 6) is 0.778. The first kappa shape index (κ1) is 18.0. The Hall–Kier alpha value is -2.82. The van der Waals surface area contributed by atoms with Crippen LogP contribution >= 0.6 is 0 Å². The van der Waals surface area contributed by atoms with E-state index < -0.39 is 0 Å². The molecule has 136 valence electrons. The van der Waals surface area contributed by atoms with Crippen molar-refractivity contribution in [2.75, 3.05) is 18.5 Å². The molecule has 1 amide bonds. The minimum absolute atomic E-state index is 0.00963. The third kappa shape index (κ3) is 3.72. The SMILES string of the molecule is CCN(c1ccc(C(=O)N(C)Cc2nc3ccccc3[nH]2)cc1)C(C)C. The predicted octanol–water partition coefficient (Wildman–Crippen LogP) is 4.07. The standard InChI is InChI=1S/C21H26N4O/c1-5-25(15(2)3)17-12-10-16(11-13-17)21(26)24(4)14-20-22-18-8-6-7-9-19(18)23-20/h6-13,15H,5,14H2,1-4H3,(H,22,23). The van der Waals surface area contributed by atoms with E-state index in [9.17, 15) is 4.79 Å². The van der Waals surface area contributed by atoms with Crippen molar-refractivity contribution in [1.82, 2.24) is 14.9 Å². The van der Waals surface area contributed by atoms with Crippen LogP contribution in [0.4, 0.5) is 5.69 Å². The fraction of sp³-hybridized carbons (Fsp3) is 0.333. The molecule has 0 saturated heterocycles. The molecule has 5 heteroatoms. The quantitative estimate of drug-likeness (QED) is 0.729. The number of H-pyrrole nitrogens is 1. The molecule has 3 rings (SSSR count). The normalized spacial score (nSPS) is 11.1. The zero-order chi connectivity index (χ0) is 18.7. The van der Waals surface area contributed by atoms with Gasteiger partial charge in [-0.3, -0.25) is 4.79 Å². The highest BCUT2D eigenvalue weighted by atomic mass is 16.2. The van der Waals surface area contributed by atoms with E-state index in [-0.39, 0.29) is 5.91 Å². The molecular formula is C21H26N4O. The first-order valence-corrected chi connectivity index (χ1v) is 9.05. The Labute approximate surface area is 154 Å². The number of benzene rings is 2. The molecule has 0 radical (unpaired) electrons. The van der Waals surface area contributed by atoms with Gasteiger partial charge in [0.25, 0.3) is 5.91 Å². The van der Waals surface area contributed by atoms with Gasteiger partial charge >= 0.3 is 0 Å². The fourth-order valence-corrected chi connectivity index (χ4v) is 3.24. The number of rotatable bonds is 6. The third-order valence-corrected chi connectivity index (χ3v) is 4.58. The van der Waals surface area contributed by atoms with Gasteiger partial charge in [-0.25, -0.2) is 4.98 Å². The molecule has 0 aliphatic rings. The number of carbonyl (C=O) groups is 1. The summed E-state index contributed by atoms with van der Waals surface area (Å²) in [4.78, 5) is 24.5. The number of para-hydroxylation sites is 2. The molecule has 1 N–H and O–H groups in total. The Morgan fingerprint density at radius 2 is 1.81 bits per heavy atom. The number of nitrogens with one attached hydrogen (secondary N) is 1. The second-order valence-corrected chi connectivity index (χ2v) is 6.79. The highest BCUT2D eigenvalue weighted by Crippen LogP contribution is 2.19. The van der Waals surface area contributed by atoms with Crippen LogP contribution in [0.2, 0.25) is 0 Å². The van der Waals surface area contributed by atoms with E-state index in [0.29, 0.717) is 18.2 Å². The molecule has 0 saturated carbocycles. The lowest BCUT2D eigenvalue weighted by Crippen LogP contribution is -2.30. The number of hydrogen-bond donors (Lipinski definition) is 1. The first-order chi connectivity index (χ1) is 12.5. The average molecular weight is 350 g/mol. The van der Waals surface area contributed by atoms with Crippen LogP contribution in [0.15, 0.2) is 48.5 Å². The van der Waals surface area contributed by atoms with E-state index in [1.165, 1.54) is 0 Å². The largest absolute Gasteiger partial charge is 0.369 e. The molecule has 0 aliphatic heterocycles. The van der Waals surface area contributed by atoms with Crippen LogP contribution < -0.4 is 4.90 Å². The third-order valence-electron chi connectivity index (χ3n) is 4.58. The zero-order valence-corrected chi connectivity index (χ0v) is 15.9. The first-order valence-electron chi connectivity index (χ1n) is 9.05. The van der Waals surface area contributed by atoms with Gasteiger partial charge < -0.3 is 14.8 Å². The maximum absolute atomic E-state index is 12.7. The van der Waals surface area contributed by atoms with Crippen LogP contribution in [0.1, 0.15) is 37.0 Å². The molecule has 5 nitrogen and oxygen atoms in total. The van der Waals surface area contributed by atoms with Crippen molar-refractivity contribution in [3.05, 3.63) is 59.9 Å². The molecule has 1 heterocycles. The molecule has 0 unspecified atom stereocenters. The van der Waals surface area contributed by atoms with Crippen molar-refractivity contribution < 1.29 is 4.79 Å². The van der Waals surface area contributed by atoms with Gasteiger partial charge in [0.1, 0.15) is 5.82 Å². The lowest BCUT2D eigenvalue weighted by Gasteiger charge is -2.27. The highest BCUT2D eigenvalue weighted by Gasteiger charge is 2.15. The molecule has 2 aromatic carbocycles. The van der Waals surface area contributed by atoms with Crippen molar-refractivity contribution in [3.63, 3.8) is 0 Å². The second kappa shape index (κ2) is 7.60. The number of anilines is 1. The van der Waals surface area contributed by atoms with E-state index in [1.807, 2.05) is 48.5 Å². The second-order valence-electron chi connectivity index (χ2n) is 6.79. The lowest BCUT2D eigenvalue weighted by atomic mass is 10.1. The lowest BCUT2D eigenvalue weighted by molar-refractivity contribution is 0.0782. The summed E-state index contributed by atoms with van der Waals surface area (Å²) in [5.41, 5.74) is 3.73. The summed E-state index contributed by atoms with van der Waals surface area (Å²) in [6.07, 6.45) is 0. The van der Waals surface area contributed by atoms with E-state index >= 15 is 0 Å². The molecule has 0 aliphatic carbocycles. The van der Waals surface area contributed by atoms with E-state index in [4.69, 9.17) is 0 Å². The van der Waals surface area contributed by atoms with E-state index in [0.717, 1.165) is 29.1 Å². The van der Waals surface area contributed by atoms with Gasteiger partial charge in [-0.15, -0.1) is 0 Å². The maximum Gasteiger partial charge on any atom is 0.254 e. The molecule has 0 fully saturated rings. The highest BCUT2D eigenvalue weighted by molar-refractivity contribution is 5.94. The van der Waals surface area contributed by atoms with Gasteiger partial charge in [-0.05, 0) is 57.2 Å². The minimum atomic E-state index is -0.00963. The van der Waals surface area contributed by atoms with Crippen molar-refractivity contribution >= 4 is 22.6 Å². The van der Waals surface area contributed by atoms with Crippen LogP contribution in [0, 0.1) is 0 Å². The number of fused-ring (bicyclic) bond motifs is 1. The van der Waals surface area contributed by atoms with Crippen molar-refractivity contribution in [1.29, 1.82) is 0 Å². The number of aromatic nitrogens is 2. The molecule has 0 spiro atoms. The van der Waals surface area contributed by atoms with Crippen LogP contribution in [0.3, 0.4) is 0 Å². The molecule has 0 bridgehead atoms. The Bertz CT molecular complexity index is 849.